The van der Waals surface area contributed by atoms with E-state index >= 15 is 0 Å². The quantitative estimate of drug-likeness (QED) is 0.0434. The van der Waals surface area contributed by atoms with Gasteiger partial charge in [0, 0.05) is 6.42 Å². The molecule has 0 aromatic carbocycles. The highest BCUT2D eigenvalue weighted by Gasteiger charge is 2.17. The maximum Gasteiger partial charge on any atom is 0.220 e. The zero-order valence-electron chi connectivity index (χ0n) is 34.8. The van der Waals surface area contributed by atoms with E-state index in [1.165, 1.54) is 173 Å². The molecule has 0 radical (unpaired) electrons. The molecule has 2 atom stereocenters. The monoisotopic (exact) mass is 728 g/mol. The predicted molar refractivity (Wildman–Crippen MR) is 230 cm³/mol. The fourth-order valence-electron chi connectivity index (χ4n) is 6.73. The van der Waals surface area contributed by atoms with Gasteiger partial charge in [0.15, 0.2) is 0 Å². The first-order chi connectivity index (χ1) is 25.7. The SMILES string of the molecule is CCCCCCCC/C=C\CCCCCCCCCC(=O)NC(CO)C(O)/C=C/CC/C=C/CC/C=C/CCCCCCCCCCCCCCC. The molecular weight excluding hydrogens is 639 g/mol. The van der Waals surface area contributed by atoms with Gasteiger partial charge < -0.3 is 15.5 Å². The molecule has 0 bridgehead atoms. The van der Waals surface area contributed by atoms with E-state index in [1.807, 2.05) is 6.08 Å². The summed E-state index contributed by atoms with van der Waals surface area (Å²) < 4.78 is 0. The molecule has 0 saturated carbocycles. The molecule has 4 heteroatoms. The van der Waals surface area contributed by atoms with E-state index < -0.39 is 12.1 Å². The molecule has 0 rings (SSSR count). The van der Waals surface area contributed by atoms with Crippen molar-refractivity contribution in [1.29, 1.82) is 0 Å². The minimum atomic E-state index is -0.872. The number of aliphatic hydroxyl groups excluding tert-OH is 2. The second-order valence-corrected chi connectivity index (χ2v) is 15.4. The lowest BCUT2D eigenvalue weighted by Crippen LogP contribution is -2.45. The largest absolute Gasteiger partial charge is 0.394 e. The molecule has 4 nitrogen and oxygen atoms in total. The molecular formula is C48H89NO3. The Morgan fingerprint density at radius 3 is 1.12 bits per heavy atom. The summed E-state index contributed by atoms with van der Waals surface area (Å²) in [7, 11) is 0. The van der Waals surface area contributed by atoms with Crippen LogP contribution in [0.15, 0.2) is 48.6 Å². The third-order valence-corrected chi connectivity index (χ3v) is 10.3. The van der Waals surface area contributed by atoms with Crippen LogP contribution < -0.4 is 5.32 Å². The van der Waals surface area contributed by atoms with E-state index in [2.05, 4.69) is 55.6 Å². The number of amides is 1. The molecule has 0 aliphatic rings. The zero-order valence-corrected chi connectivity index (χ0v) is 34.8. The first kappa shape index (κ1) is 50.4. The summed E-state index contributed by atoms with van der Waals surface area (Å²) in [5.41, 5.74) is 0. The summed E-state index contributed by atoms with van der Waals surface area (Å²) in [5, 5.41) is 23.0. The molecule has 0 aromatic rings. The van der Waals surface area contributed by atoms with E-state index in [-0.39, 0.29) is 12.5 Å². The van der Waals surface area contributed by atoms with Gasteiger partial charge in [-0.15, -0.1) is 0 Å². The summed E-state index contributed by atoms with van der Waals surface area (Å²) in [6.45, 7) is 4.29. The molecule has 0 aliphatic carbocycles. The van der Waals surface area contributed by atoms with Crippen molar-refractivity contribution in [2.75, 3.05) is 6.61 Å². The van der Waals surface area contributed by atoms with Gasteiger partial charge in [0.1, 0.15) is 0 Å². The summed E-state index contributed by atoms with van der Waals surface area (Å²) in [5.74, 6) is -0.0828. The number of rotatable bonds is 41. The Morgan fingerprint density at radius 2 is 0.750 bits per heavy atom. The highest BCUT2D eigenvalue weighted by Crippen LogP contribution is 2.14. The topological polar surface area (TPSA) is 69.6 Å². The summed E-state index contributed by atoms with van der Waals surface area (Å²) in [4.78, 5) is 12.4. The summed E-state index contributed by atoms with van der Waals surface area (Å²) in [6, 6.07) is -0.648. The number of carbonyl (C=O) groups excluding carboxylic acids is 1. The molecule has 1 amide bonds. The first-order valence-electron chi connectivity index (χ1n) is 22.9. The van der Waals surface area contributed by atoms with Crippen molar-refractivity contribution in [2.45, 2.75) is 244 Å². The Labute approximate surface area is 324 Å². The van der Waals surface area contributed by atoms with E-state index in [0.717, 1.165) is 38.5 Å². The molecule has 304 valence electrons. The van der Waals surface area contributed by atoms with Gasteiger partial charge in [-0.1, -0.05) is 204 Å². The third kappa shape index (κ3) is 39.6. The third-order valence-electron chi connectivity index (χ3n) is 10.3. The van der Waals surface area contributed by atoms with Crippen LogP contribution in [-0.4, -0.2) is 34.9 Å². The lowest BCUT2D eigenvalue weighted by Gasteiger charge is -2.19. The molecule has 0 aliphatic heterocycles. The fraction of sp³-hybridized carbons (Fsp3) is 0.812. The van der Waals surface area contributed by atoms with Gasteiger partial charge in [-0.2, -0.15) is 0 Å². The Hall–Kier alpha value is -1.65. The van der Waals surface area contributed by atoms with Crippen molar-refractivity contribution in [2.24, 2.45) is 0 Å². The van der Waals surface area contributed by atoms with Crippen LogP contribution in [0.25, 0.3) is 0 Å². The highest BCUT2D eigenvalue weighted by molar-refractivity contribution is 5.76. The number of hydrogen-bond donors (Lipinski definition) is 3. The molecule has 0 aromatic heterocycles. The van der Waals surface area contributed by atoms with Crippen molar-refractivity contribution in [3.8, 4) is 0 Å². The van der Waals surface area contributed by atoms with Crippen LogP contribution in [0.3, 0.4) is 0 Å². The smallest absolute Gasteiger partial charge is 0.220 e. The van der Waals surface area contributed by atoms with E-state index in [9.17, 15) is 15.0 Å². The van der Waals surface area contributed by atoms with Crippen molar-refractivity contribution in [3.63, 3.8) is 0 Å². The van der Waals surface area contributed by atoms with Gasteiger partial charge in [-0.25, -0.2) is 0 Å². The Bertz CT molecular complexity index is 831. The molecule has 0 heterocycles. The maximum absolute atomic E-state index is 12.4. The van der Waals surface area contributed by atoms with Gasteiger partial charge in [-0.05, 0) is 70.6 Å². The van der Waals surface area contributed by atoms with Crippen molar-refractivity contribution in [1.82, 2.24) is 5.32 Å². The van der Waals surface area contributed by atoms with E-state index in [1.54, 1.807) is 6.08 Å². The normalized spacial score (nSPS) is 13.4. The van der Waals surface area contributed by atoms with Gasteiger partial charge in [-0.3, -0.25) is 4.79 Å². The number of carbonyl (C=O) groups is 1. The second-order valence-electron chi connectivity index (χ2n) is 15.4. The molecule has 0 saturated heterocycles. The number of unbranched alkanes of at least 4 members (excludes halogenated alkanes) is 28. The average molecular weight is 728 g/mol. The minimum Gasteiger partial charge on any atom is -0.394 e. The molecule has 52 heavy (non-hydrogen) atoms. The Morgan fingerprint density at radius 1 is 0.442 bits per heavy atom. The maximum atomic E-state index is 12.4. The number of hydrogen-bond acceptors (Lipinski definition) is 3. The number of aliphatic hydroxyl groups is 2. The summed E-state index contributed by atoms with van der Waals surface area (Å²) >= 11 is 0. The van der Waals surface area contributed by atoms with E-state index in [4.69, 9.17) is 0 Å². The second kappa shape index (κ2) is 43.8. The molecule has 2 unspecified atom stereocenters. The molecule has 0 spiro atoms. The van der Waals surface area contributed by atoms with Gasteiger partial charge in [0.05, 0.1) is 18.8 Å². The van der Waals surface area contributed by atoms with Crippen LogP contribution in [0.4, 0.5) is 0 Å². The Kier molecular flexibility index (Phi) is 42.4. The summed E-state index contributed by atoms with van der Waals surface area (Å²) in [6.07, 6.45) is 59.4. The first-order valence-corrected chi connectivity index (χ1v) is 22.9. The lowest BCUT2D eigenvalue weighted by molar-refractivity contribution is -0.123. The lowest BCUT2D eigenvalue weighted by atomic mass is 10.0. The minimum absolute atomic E-state index is 0.0828. The van der Waals surface area contributed by atoms with E-state index in [0.29, 0.717) is 6.42 Å². The zero-order chi connectivity index (χ0) is 37.8. The van der Waals surface area contributed by atoms with Gasteiger partial charge in [0.2, 0.25) is 5.91 Å². The van der Waals surface area contributed by atoms with Crippen molar-refractivity contribution >= 4 is 5.91 Å². The highest BCUT2D eigenvalue weighted by atomic mass is 16.3. The van der Waals surface area contributed by atoms with Crippen LogP contribution in [0.5, 0.6) is 0 Å². The fourth-order valence-corrected chi connectivity index (χ4v) is 6.73. The molecule has 3 N–H and O–H groups in total. The predicted octanol–water partition coefficient (Wildman–Crippen LogP) is 14.4. The molecule has 0 fully saturated rings. The van der Waals surface area contributed by atoms with Crippen molar-refractivity contribution in [3.05, 3.63) is 48.6 Å². The van der Waals surface area contributed by atoms with Crippen LogP contribution in [0.2, 0.25) is 0 Å². The number of allylic oxidation sites excluding steroid dienone is 7. The van der Waals surface area contributed by atoms with Gasteiger partial charge in [0.25, 0.3) is 0 Å². The van der Waals surface area contributed by atoms with Gasteiger partial charge >= 0.3 is 0 Å². The van der Waals surface area contributed by atoms with Crippen LogP contribution in [-0.2, 0) is 4.79 Å². The average Bonchev–Trinajstić information content (AvgIpc) is 3.15. The van der Waals surface area contributed by atoms with Crippen LogP contribution >= 0.6 is 0 Å². The van der Waals surface area contributed by atoms with Crippen LogP contribution in [0, 0.1) is 0 Å². The van der Waals surface area contributed by atoms with Crippen LogP contribution in [0.1, 0.15) is 232 Å². The van der Waals surface area contributed by atoms with Crippen molar-refractivity contribution < 1.29 is 15.0 Å². The number of nitrogens with one attached hydrogen (secondary N) is 1. The standard InChI is InChI=1S/C48H89NO3/c1-3-5-7-9-11-13-15-17-19-21-22-23-24-25-26-28-29-31-33-35-37-39-41-43-47(51)46(45-50)49-48(52)44-42-40-38-36-34-32-30-27-20-18-16-14-12-10-8-6-4-2/h18,20,26,28,33,35,41,43,46-47,50-51H,3-17,19,21-25,27,29-32,34,36-40,42,44-45H2,1-2H3,(H,49,52)/b20-18-,28-26+,35-33+,43-41+. The Balaban J connectivity index is 3.64.